The Labute approximate surface area is 145 Å². The summed E-state index contributed by atoms with van der Waals surface area (Å²) in [6.45, 7) is 1.59. The van der Waals surface area contributed by atoms with E-state index in [4.69, 9.17) is 5.73 Å². The van der Waals surface area contributed by atoms with Gasteiger partial charge >= 0.3 is 0 Å². The van der Waals surface area contributed by atoms with Gasteiger partial charge in [0.05, 0.1) is 15.2 Å². The molecule has 0 unspecified atom stereocenters. The van der Waals surface area contributed by atoms with Crippen molar-refractivity contribution in [3.05, 3.63) is 29.3 Å². The fourth-order valence-corrected chi connectivity index (χ4v) is 4.18. The molecule has 2 N–H and O–H groups in total. The fraction of sp³-hybridized carbons (Fsp3) is 0.500. The highest BCUT2D eigenvalue weighted by Crippen LogP contribution is 2.24. The van der Waals surface area contributed by atoms with Gasteiger partial charge in [0, 0.05) is 32.4 Å². The summed E-state index contributed by atoms with van der Waals surface area (Å²) in [6.07, 6.45) is 4.48. The summed E-state index contributed by atoms with van der Waals surface area (Å²) in [5, 5.41) is 1.03. The van der Waals surface area contributed by atoms with Gasteiger partial charge in [0.2, 0.25) is 11.8 Å². The van der Waals surface area contributed by atoms with Gasteiger partial charge in [-0.25, -0.2) is 4.98 Å². The lowest BCUT2D eigenvalue weighted by Gasteiger charge is -2.32. The number of rotatable bonds is 6. The predicted molar refractivity (Wildman–Crippen MR) is 95.7 cm³/mol. The van der Waals surface area contributed by atoms with Gasteiger partial charge in [-0.3, -0.25) is 9.59 Å². The number of hydrogen-bond donors (Lipinski definition) is 1. The van der Waals surface area contributed by atoms with E-state index in [-0.39, 0.29) is 11.8 Å². The van der Waals surface area contributed by atoms with E-state index in [1.807, 2.05) is 23.1 Å². The third kappa shape index (κ3) is 4.32. The Kier molecular flexibility index (Phi) is 5.45. The first-order chi connectivity index (χ1) is 11.6. The number of carbonyl (C=O) groups excluding carboxylic acids is 2. The summed E-state index contributed by atoms with van der Waals surface area (Å²) in [4.78, 5) is 29.8. The minimum atomic E-state index is -0.232. The van der Waals surface area contributed by atoms with Crippen molar-refractivity contribution in [2.75, 3.05) is 13.1 Å². The maximum atomic E-state index is 12.4. The Hall–Kier alpha value is -1.95. The Bertz CT molecular complexity index is 687. The van der Waals surface area contributed by atoms with E-state index in [1.54, 1.807) is 11.3 Å². The van der Waals surface area contributed by atoms with Crippen molar-refractivity contribution >= 4 is 33.4 Å². The number of aromatic nitrogens is 1. The van der Waals surface area contributed by atoms with Crippen molar-refractivity contribution in [3.63, 3.8) is 0 Å². The molecule has 0 spiro atoms. The van der Waals surface area contributed by atoms with Gasteiger partial charge in [-0.2, -0.15) is 0 Å². The summed E-state index contributed by atoms with van der Waals surface area (Å²) in [5.74, 6) is 0.498. The Morgan fingerprint density at radius 2 is 1.96 bits per heavy atom. The molecule has 2 heterocycles. The molecule has 1 aliphatic heterocycles. The predicted octanol–water partition coefficient (Wildman–Crippen LogP) is 2.73. The standard InChI is InChI=1S/C18H23N3O2S/c19-16(22)6-5-13-9-11-21(12-10-13)18(23)8-7-17-20-14-3-1-2-4-15(14)24-17/h1-4,13H,5-12H2,(H2,19,22). The first-order valence-electron chi connectivity index (χ1n) is 8.52. The number of carbonyl (C=O) groups is 2. The van der Waals surface area contributed by atoms with Gasteiger partial charge in [0.25, 0.3) is 0 Å². The number of likely N-dealkylation sites (tertiary alicyclic amines) is 1. The zero-order chi connectivity index (χ0) is 16.9. The molecule has 0 radical (unpaired) electrons. The molecule has 0 atom stereocenters. The van der Waals surface area contributed by atoms with Crippen molar-refractivity contribution in [1.82, 2.24) is 9.88 Å². The normalized spacial score (nSPS) is 15.8. The van der Waals surface area contributed by atoms with Crippen molar-refractivity contribution in [1.29, 1.82) is 0 Å². The summed E-state index contributed by atoms with van der Waals surface area (Å²) < 4.78 is 1.18. The molecule has 1 aliphatic rings. The van der Waals surface area contributed by atoms with Crippen LogP contribution in [0, 0.1) is 5.92 Å². The van der Waals surface area contributed by atoms with E-state index in [0.29, 0.717) is 25.2 Å². The number of aryl methyl sites for hydroxylation is 1. The van der Waals surface area contributed by atoms with Crippen LogP contribution >= 0.6 is 11.3 Å². The number of amides is 2. The SMILES string of the molecule is NC(=O)CCC1CCN(C(=O)CCc2nc3ccccc3s2)CC1. The molecule has 3 rings (SSSR count). The maximum absolute atomic E-state index is 12.4. The molecule has 0 saturated carbocycles. The Morgan fingerprint density at radius 1 is 1.21 bits per heavy atom. The van der Waals surface area contributed by atoms with E-state index in [2.05, 4.69) is 11.1 Å². The van der Waals surface area contributed by atoms with Crippen LogP contribution in [0.1, 0.15) is 37.1 Å². The number of para-hydroxylation sites is 1. The van der Waals surface area contributed by atoms with Crippen molar-refractivity contribution < 1.29 is 9.59 Å². The maximum Gasteiger partial charge on any atom is 0.222 e. The molecule has 2 amide bonds. The summed E-state index contributed by atoms with van der Waals surface area (Å²) in [6, 6.07) is 8.07. The van der Waals surface area contributed by atoms with Gasteiger partial charge in [-0.1, -0.05) is 12.1 Å². The molecule has 128 valence electrons. The second kappa shape index (κ2) is 7.75. The van der Waals surface area contributed by atoms with Crippen LogP contribution in [0.3, 0.4) is 0 Å². The average molecular weight is 345 g/mol. The third-order valence-corrected chi connectivity index (χ3v) is 5.75. The third-order valence-electron chi connectivity index (χ3n) is 4.66. The van der Waals surface area contributed by atoms with Crippen LogP contribution in [-0.4, -0.2) is 34.8 Å². The molecule has 24 heavy (non-hydrogen) atoms. The Morgan fingerprint density at radius 3 is 2.67 bits per heavy atom. The van der Waals surface area contributed by atoms with Crippen LogP contribution < -0.4 is 5.73 Å². The second-order valence-electron chi connectivity index (χ2n) is 6.40. The zero-order valence-electron chi connectivity index (χ0n) is 13.7. The highest BCUT2D eigenvalue weighted by Gasteiger charge is 2.23. The van der Waals surface area contributed by atoms with E-state index in [1.165, 1.54) is 4.70 Å². The molecular weight excluding hydrogens is 322 g/mol. The number of primary amides is 1. The number of fused-ring (bicyclic) bond motifs is 1. The number of nitrogens with two attached hydrogens (primary N) is 1. The minimum Gasteiger partial charge on any atom is -0.370 e. The molecule has 1 saturated heterocycles. The van der Waals surface area contributed by atoms with Gasteiger partial charge in [0.15, 0.2) is 0 Å². The number of piperidine rings is 1. The van der Waals surface area contributed by atoms with E-state index >= 15 is 0 Å². The highest BCUT2D eigenvalue weighted by molar-refractivity contribution is 7.18. The van der Waals surface area contributed by atoms with E-state index in [0.717, 1.165) is 42.9 Å². The van der Waals surface area contributed by atoms with Crippen LogP contribution in [0.2, 0.25) is 0 Å². The molecule has 1 aromatic carbocycles. The number of benzene rings is 1. The molecule has 1 aromatic heterocycles. The Balaban J connectivity index is 1.45. The first-order valence-corrected chi connectivity index (χ1v) is 9.34. The second-order valence-corrected chi connectivity index (χ2v) is 7.52. The lowest BCUT2D eigenvalue weighted by Crippen LogP contribution is -2.38. The zero-order valence-corrected chi connectivity index (χ0v) is 14.6. The van der Waals surface area contributed by atoms with E-state index < -0.39 is 0 Å². The van der Waals surface area contributed by atoms with Gasteiger partial charge in [0.1, 0.15) is 0 Å². The first kappa shape index (κ1) is 16.9. The molecule has 6 heteroatoms. The lowest BCUT2D eigenvalue weighted by molar-refractivity contribution is -0.132. The monoisotopic (exact) mass is 345 g/mol. The van der Waals surface area contributed by atoms with Gasteiger partial charge < -0.3 is 10.6 Å². The van der Waals surface area contributed by atoms with Crippen LogP contribution in [0.15, 0.2) is 24.3 Å². The van der Waals surface area contributed by atoms with Crippen LogP contribution in [0.5, 0.6) is 0 Å². The smallest absolute Gasteiger partial charge is 0.222 e. The molecule has 0 bridgehead atoms. The van der Waals surface area contributed by atoms with Crippen LogP contribution in [0.25, 0.3) is 10.2 Å². The fourth-order valence-electron chi connectivity index (χ4n) is 3.22. The topological polar surface area (TPSA) is 76.3 Å². The van der Waals surface area contributed by atoms with Crippen molar-refractivity contribution in [2.45, 2.75) is 38.5 Å². The number of nitrogens with zero attached hydrogens (tertiary/aromatic N) is 2. The average Bonchev–Trinajstić information content (AvgIpc) is 3.01. The molecular formula is C18H23N3O2S. The largest absolute Gasteiger partial charge is 0.370 e. The van der Waals surface area contributed by atoms with Crippen molar-refractivity contribution in [3.8, 4) is 0 Å². The lowest BCUT2D eigenvalue weighted by atomic mass is 9.92. The quantitative estimate of drug-likeness (QED) is 0.874. The van der Waals surface area contributed by atoms with Gasteiger partial charge in [-0.15, -0.1) is 11.3 Å². The number of thiazole rings is 1. The van der Waals surface area contributed by atoms with Crippen molar-refractivity contribution in [2.24, 2.45) is 11.7 Å². The summed E-state index contributed by atoms with van der Waals surface area (Å²) in [5.41, 5.74) is 6.21. The summed E-state index contributed by atoms with van der Waals surface area (Å²) >= 11 is 1.67. The minimum absolute atomic E-state index is 0.211. The van der Waals surface area contributed by atoms with Crippen LogP contribution in [0.4, 0.5) is 0 Å². The summed E-state index contributed by atoms with van der Waals surface area (Å²) in [7, 11) is 0. The van der Waals surface area contributed by atoms with E-state index in [9.17, 15) is 9.59 Å². The van der Waals surface area contributed by atoms with Gasteiger partial charge in [-0.05, 0) is 37.3 Å². The molecule has 2 aromatic rings. The number of hydrogen-bond acceptors (Lipinski definition) is 4. The molecule has 0 aliphatic carbocycles. The molecule has 5 nitrogen and oxygen atoms in total. The molecule has 1 fully saturated rings. The van der Waals surface area contributed by atoms with Crippen LogP contribution in [-0.2, 0) is 16.0 Å². The highest BCUT2D eigenvalue weighted by atomic mass is 32.1.